The molecule has 7 heteroatoms. The summed E-state index contributed by atoms with van der Waals surface area (Å²) in [7, 11) is 0. The summed E-state index contributed by atoms with van der Waals surface area (Å²) in [6.45, 7) is 2.78. The van der Waals surface area contributed by atoms with Gasteiger partial charge in [0.1, 0.15) is 5.75 Å². The molecular weight excluding hydrogens is 356 g/mol. The number of benzene rings is 2. The smallest absolute Gasteiger partial charge is 0.255 e. The van der Waals surface area contributed by atoms with E-state index in [4.69, 9.17) is 4.74 Å². The van der Waals surface area contributed by atoms with Gasteiger partial charge >= 0.3 is 0 Å². The number of anilines is 1. The highest BCUT2D eigenvalue weighted by Crippen LogP contribution is 2.17. The van der Waals surface area contributed by atoms with Gasteiger partial charge in [-0.15, -0.1) is 0 Å². The third-order valence-electron chi connectivity index (χ3n) is 3.96. The van der Waals surface area contributed by atoms with Gasteiger partial charge < -0.3 is 15.4 Å². The van der Waals surface area contributed by atoms with Crippen LogP contribution in [0.2, 0.25) is 0 Å². The number of amides is 2. The van der Waals surface area contributed by atoms with Crippen LogP contribution in [0.5, 0.6) is 5.75 Å². The van der Waals surface area contributed by atoms with Crippen molar-refractivity contribution in [2.45, 2.75) is 13.5 Å². The second-order valence-corrected chi connectivity index (χ2v) is 6.06. The molecule has 3 rings (SSSR count). The highest BCUT2D eigenvalue weighted by Gasteiger charge is 2.13. The van der Waals surface area contributed by atoms with E-state index < -0.39 is 0 Å². The molecule has 144 valence electrons. The normalized spacial score (nSPS) is 10.3. The van der Waals surface area contributed by atoms with E-state index >= 15 is 0 Å². The van der Waals surface area contributed by atoms with Gasteiger partial charge in [-0.2, -0.15) is 5.10 Å². The molecule has 7 nitrogen and oxygen atoms in total. The molecule has 2 N–H and O–H groups in total. The molecule has 1 aromatic heterocycles. The largest absolute Gasteiger partial charge is 0.493 e. The summed E-state index contributed by atoms with van der Waals surface area (Å²) in [5.41, 5.74) is 2.08. The number of aromatic nitrogens is 2. The second kappa shape index (κ2) is 9.36. The second-order valence-electron chi connectivity index (χ2n) is 6.06. The van der Waals surface area contributed by atoms with Crippen LogP contribution < -0.4 is 15.4 Å². The quantitative estimate of drug-likeness (QED) is 0.631. The van der Waals surface area contributed by atoms with Crippen LogP contribution in [0, 0.1) is 0 Å². The predicted molar refractivity (Wildman–Crippen MR) is 106 cm³/mol. The Morgan fingerprint density at radius 2 is 1.96 bits per heavy atom. The van der Waals surface area contributed by atoms with Crippen molar-refractivity contribution in [3.8, 4) is 5.75 Å². The van der Waals surface area contributed by atoms with Gasteiger partial charge in [0, 0.05) is 18.1 Å². The van der Waals surface area contributed by atoms with Gasteiger partial charge in [-0.3, -0.25) is 14.3 Å². The summed E-state index contributed by atoms with van der Waals surface area (Å²) >= 11 is 0. The molecule has 0 saturated heterocycles. The first-order valence-corrected chi connectivity index (χ1v) is 9.02. The lowest BCUT2D eigenvalue weighted by molar-refractivity contribution is -0.115. The third kappa shape index (κ3) is 5.20. The first-order valence-electron chi connectivity index (χ1n) is 9.02. The van der Waals surface area contributed by atoms with Crippen molar-refractivity contribution in [1.82, 2.24) is 15.1 Å². The number of ether oxygens (including phenoxy) is 1. The summed E-state index contributed by atoms with van der Waals surface area (Å²) in [4.78, 5) is 24.6. The summed E-state index contributed by atoms with van der Waals surface area (Å²) < 4.78 is 7.25. The van der Waals surface area contributed by atoms with Gasteiger partial charge in [0.05, 0.1) is 25.3 Å². The Balaban J connectivity index is 1.55. The SMILES string of the molecule is CCOc1ccccc1C(=O)NCC(=O)Nc1cccc(Cn2cccn2)c1. The minimum Gasteiger partial charge on any atom is -0.493 e. The molecule has 28 heavy (non-hydrogen) atoms. The van der Waals surface area contributed by atoms with Crippen molar-refractivity contribution < 1.29 is 14.3 Å². The molecule has 0 atom stereocenters. The summed E-state index contributed by atoms with van der Waals surface area (Å²) in [5, 5.41) is 9.59. The Labute approximate surface area is 163 Å². The average Bonchev–Trinajstić information content (AvgIpc) is 3.20. The van der Waals surface area contributed by atoms with Gasteiger partial charge in [0.2, 0.25) is 5.91 Å². The summed E-state index contributed by atoms with van der Waals surface area (Å²) in [6, 6.07) is 16.3. The number of hydrogen-bond acceptors (Lipinski definition) is 4. The van der Waals surface area contributed by atoms with Crippen molar-refractivity contribution >= 4 is 17.5 Å². The minimum atomic E-state index is -0.355. The van der Waals surface area contributed by atoms with Crippen LogP contribution in [0.3, 0.4) is 0 Å². The fraction of sp³-hybridized carbons (Fsp3) is 0.190. The maximum Gasteiger partial charge on any atom is 0.255 e. The molecule has 0 radical (unpaired) electrons. The van der Waals surface area contributed by atoms with Crippen LogP contribution >= 0.6 is 0 Å². The monoisotopic (exact) mass is 378 g/mol. The van der Waals surface area contributed by atoms with Crippen LogP contribution in [-0.2, 0) is 11.3 Å². The van der Waals surface area contributed by atoms with E-state index in [0.717, 1.165) is 5.56 Å². The molecule has 0 spiro atoms. The molecule has 0 aliphatic carbocycles. The fourth-order valence-corrected chi connectivity index (χ4v) is 2.73. The number of carbonyl (C=O) groups is 2. The Kier molecular flexibility index (Phi) is 6.41. The minimum absolute atomic E-state index is 0.136. The molecule has 0 unspecified atom stereocenters. The molecule has 0 fully saturated rings. The molecular formula is C21H22N4O3. The molecule has 0 aliphatic heterocycles. The molecule has 0 aliphatic rings. The van der Waals surface area contributed by atoms with E-state index in [1.54, 1.807) is 41.2 Å². The van der Waals surface area contributed by atoms with Crippen molar-refractivity contribution in [1.29, 1.82) is 0 Å². The zero-order valence-electron chi connectivity index (χ0n) is 15.6. The number of carbonyl (C=O) groups excluding carboxylic acids is 2. The zero-order valence-corrected chi connectivity index (χ0v) is 15.6. The fourth-order valence-electron chi connectivity index (χ4n) is 2.73. The van der Waals surface area contributed by atoms with E-state index in [2.05, 4.69) is 15.7 Å². The predicted octanol–water partition coefficient (Wildman–Crippen LogP) is 2.70. The lowest BCUT2D eigenvalue weighted by Crippen LogP contribution is -2.33. The van der Waals surface area contributed by atoms with Crippen LogP contribution in [0.25, 0.3) is 0 Å². The highest BCUT2D eigenvalue weighted by atomic mass is 16.5. The first kappa shape index (κ1) is 19.2. The molecule has 1 heterocycles. The number of nitrogens with one attached hydrogen (secondary N) is 2. The lowest BCUT2D eigenvalue weighted by atomic mass is 10.2. The lowest BCUT2D eigenvalue weighted by Gasteiger charge is -2.11. The number of nitrogens with zero attached hydrogens (tertiary/aromatic N) is 2. The van der Waals surface area contributed by atoms with Crippen molar-refractivity contribution in [2.24, 2.45) is 0 Å². The maximum absolute atomic E-state index is 12.3. The summed E-state index contributed by atoms with van der Waals surface area (Å²) in [6.07, 6.45) is 3.60. The van der Waals surface area contributed by atoms with Crippen molar-refractivity contribution in [2.75, 3.05) is 18.5 Å². The zero-order chi connectivity index (χ0) is 19.8. The van der Waals surface area contributed by atoms with Gasteiger partial charge in [0.15, 0.2) is 0 Å². The van der Waals surface area contributed by atoms with Crippen molar-refractivity contribution in [3.05, 3.63) is 78.1 Å². The highest BCUT2D eigenvalue weighted by molar-refractivity contribution is 6.00. The van der Waals surface area contributed by atoms with Gasteiger partial charge in [0.25, 0.3) is 5.91 Å². The Morgan fingerprint density at radius 3 is 2.75 bits per heavy atom. The third-order valence-corrected chi connectivity index (χ3v) is 3.96. The average molecular weight is 378 g/mol. The van der Waals surface area contributed by atoms with E-state index in [-0.39, 0.29) is 18.4 Å². The molecule has 0 saturated carbocycles. The van der Waals surface area contributed by atoms with Crippen molar-refractivity contribution in [3.63, 3.8) is 0 Å². The Hall–Kier alpha value is -3.61. The standard InChI is InChI=1S/C21H22N4O3/c1-2-28-19-10-4-3-9-18(19)21(27)22-14-20(26)24-17-8-5-7-16(13-17)15-25-12-6-11-23-25/h3-13H,2,14-15H2,1H3,(H,22,27)(H,24,26). The van der Waals surface area contributed by atoms with Gasteiger partial charge in [-0.1, -0.05) is 24.3 Å². The van der Waals surface area contributed by atoms with Crippen LogP contribution in [0.1, 0.15) is 22.8 Å². The molecule has 2 aromatic carbocycles. The summed E-state index contributed by atoms with van der Waals surface area (Å²) in [5.74, 6) is -0.167. The topological polar surface area (TPSA) is 85.2 Å². The Bertz CT molecular complexity index is 938. The van der Waals surface area contributed by atoms with E-state index in [0.29, 0.717) is 30.2 Å². The number of hydrogen-bond donors (Lipinski definition) is 2. The van der Waals surface area contributed by atoms with Crippen LogP contribution in [-0.4, -0.2) is 34.7 Å². The van der Waals surface area contributed by atoms with Crippen LogP contribution in [0.15, 0.2) is 67.0 Å². The molecule has 0 bridgehead atoms. The van der Waals surface area contributed by atoms with Gasteiger partial charge in [-0.25, -0.2) is 0 Å². The van der Waals surface area contributed by atoms with E-state index in [9.17, 15) is 9.59 Å². The number of para-hydroxylation sites is 1. The molecule has 3 aromatic rings. The Morgan fingerprint density at radius 1 is 1.11 bits per heavy atom. The first-order chi connectivity index (χ1) is 13.7. The van der Waals surface area contributed by atoms with Crippen LogP contribution in [0.4, 0.5) is 5.69 Å². The maximum atomic E-state index is 12.3. The van der Waals surface area contributed by atoms with Gasteiger partial charge in [-0.05, 0) is 42.8 Å². The molecule has 2 amide bonds. The number of rotatable bonds is 8. The van der Waals surface area contributed by atoms with E-state index in [1.807, 2.05) is 37.4 Å². The van der Waals surface area contributed by atoms with E-state index in [1.165, 1.54) is 0 Å².